The van der Waals surface area contributed by atoms with Gasteiger partial charge in [0.05, 0.1) is 5.02 Å². The molecule has 0 aliphatic heterocycles. The van der Waals surface area contributed by atoms with Gasteiger partial charge in [-0.25, -0.2) is 0 Å². The van der Waals surface area contributed by atoms with Crippen LogP contribution in [0.4, 0.5) is 0 Å². The van der Waals surface area contributed by atoms with Gasteiger partial charge in [0.15, 0.2) is 0 Å². The van der Waals surface area contributed by atoms with Crippen molar-refractivity contribution >= 4 is 23.2 Å². The summed E-state index contributed by atoms with van der Waals surface area (Å²) in [6.45, 7) is 8.36. The van der Waals surface area contributed by atoms with Gasteiger partial charge in [-0.15, -0.1) is 0 Å². The molecule has 2 unspecified atom stereocenters. The molecule has 0 fully saturated rings. The molecule has 0 saturated carbocycles. The van der Waals surface area contributed by atoms with Gasteiger partial charge in [0, 0.05) is 11.5 Å². The van der Waals surface area contributed by atoms with E-state index in [-0.39, 0.29) is 17.6 Å². The normalized spacial score (nSPS) is 15.3. The Labute approximate surface area is 119 Å². The second-order valence-corrected chi connectivity index (χ2v) is 6.31. The number of hydrogen-bond donors (Lipinski definition) is 1. The van der Waals surface area contributed by atoms with Crippen LogP contribution in [0.15, 0.2) is 18.2 Å². The van der Waals surface area contributed by atoms with Crippen LogP contribution in [0.2, 0.25) is 10.0 Å². The van der Waals surface area contributed by atoms with Crippen LogP contribution in [-0.2, 0) is 0 Å². The Bertz CT molecular complexity index is 401. The molecular weight excluding hydrogens is 269 g/mol. The minimum Gasteiger partial charge on any atom is -0.487 e. The first kappa shape index (κ1) is 15.6. The molecule has 1 aromatic rings. The summed E-state index contributed by atoms with van der Waals surface area (Å²) < 4.78 is 6.00. The van der Waals surface area contributed by atoms with E-state index in [1.807, 2.05) is 19.1 Å². The van der Waals surface area contributed by atoms with Gasteiger partial charge in [0.2, 0.25) is 0 Å². The van der Waals surface area contributed by atoms with Crippen molar-refractivity contribution in [2.24, 2.45) is 11.1 Å². The van der Waals surface area contributed by atoms with E-state index in [1.165, 1.54) is 0 Å². The fourth-order valence-corrected chi connectivity index (χ4v) is 2.17. The zero-order chi connectivity index (χ0) is 13.9. The monoisotopic (exact) mass is 289 g/mol. The van der Waals surface area contributed by atoms with Crippen LogP contribution >= 0.6 is 23.2 Å². The average Bonchev–Trinajstić information content (AvgIpc) is 2.28. The molecule has 0 saturated heterocycles. The van der Waals surface area contributed by atoms with Crippen molar-refractivity contribution in [3.05, 3.63) is 28.2 Å². The predicted octanol–water partition coefficient (Wildman–Crippen LogP) is 4.52. The highest BCUT2D eigenvalue weighted by molar-refractivity contribution is 6.42. The van der Waals surface area contributed by atoms with E-state index in [0.717, 1.165) is 6.42 Å². The van der Waals surface area contributed by atoms with Gasteiger partial charge in [0.25, 0.3) is 0 Å². The van der Waals surface area contributed by atoms with Crippen LogP contribution in [0.1, 0.15) is 34.1 Å². The smallest absolute Gasteiger partial charge is 0.139 e. The third-order valence-corrected chi connectivity index (χ3v) is 3.69. The van der Waals surface area contributed by atoms with E-state index >= 15 is 0 Å². The molecule has 2 atom stereocenters. The van der Waals surface area contributed by atoms with Crippen LogP contribution in [-0.4, -0.2) is 12.1 Å². The summed E-state index contributed by atoms with van der Waals surface area (Å²) in [6, 6.07) is 5.33. The predicted molar refractivity (Wildman–Crippen MR) is 78.6 cm³/mol. The zero-order valence-electron chi connectivity index (χ0n) is 11.3. The Hall–Kier alpha value is -0.440. The molecule has 18 heavy (non-hydrogen) atoms. The lowest BCUT2D eigenvalue weighted by molar-refractivity contribution is 0.0623. The van der Waals surface area contributed by atoms with Crippen LogP contribution < -0.4 is 10.5 Å². The van der Waals surface area contributed by atoms with Crippen molar-refractivity contribution in [1.29, 1.82) is 0 Å². The second-order valence-electron chi connectivity index (χ2n) is 5.53. The Balaban J connectivity index is 3.00. The van der Waals surface area contributed by atoms with E-state index in [2.05, 4.69) is 20.8 Å². The zero-order valence-corrected chi connectivity index (χ0v) is 12.8. The molecular formula is C14H21Cl2NO. The van der Waals surface area contributed by atoms with Crippen LogP contribution in [0.25, 0.3) is 0 Å². The molecule has 0 heterocycles. The molecule has 2 N–H and O–H groups in total. The van der Waals surface area contributed by atoms with E-state index < -0.39 is 0 Å². The largest absolute Gasteiger partial charge is 0.487 e. The van der Waals surface area contributed by atoms with Crippen LogP contribution in [0.3, 0.4) is 0 Å². The van der Waals surface area contributed by atoms with Crippen LogP contribution in [0, 0.1) is 5.41 Å². The number of nitrogens with two attached hydrogens (primary N) is 1. The summed E-state index contributed by atoms with van der Waals surface area (Å²) in [7, 11) is 0. The van der Waals surface area contributed by atoms with Gasteiger partial charge in [-0.3, -0.25) is 0 Å². The molecule has 4 heteroatoms. The Morgan fingerprint density at radius 1 is 1.28 bits per heavy atom. The fraction of sp³-hybridized carbons (Fsp3) is 0.571. The number of halogens is 2. The lowest BCUT2D eigenvalue weighted by Crippen LogP contribution is -2.47. The molecule has 0 aliphatic carbocycles. The number of benzene rings is 1. The summed E-state index contributed by atoms with van der Waals surface area (Å²) >= 11 is 12.1. The van der Waals surface area contributed by atoms with Crippen molar-refractivity contribution in [2.45, 2.75) is 46.3 Å². The lowest BCUT2D eigenvalue weighted by Gasteiger charge is -2.35. The molecule has 0 amide bonds. The molecule has 2 nitrogen and oxygen atoms in total. The van der Waals surface area contributed by atoms with Gasteiger partial charge in [0.1, 0.15) is 16.9 Å². The minimum atomic E-state index is -0.113. The second kappa shape index (κ2) is 6.14. The molecule has 1 rings (SSSR count). The average molecular weight is 290 g/mol. The fourth-order valence-electron chi connectivity index (χ4n) is 1.83. The molecule has 0 spiro atoms. The summed E-state index contributed by atoms with van der Waals surface area (Å²) in [6.07, 6.45) is 0.735. The van der Waals surface area contributed by atoms with Crippen molar-refractivity contribution in [1.82, 2.24) is 0 Å². The number of rotatable bonds is 4. The van der Waals surface area contributed by atoms with Crippen molar-refractivity contribution in [3.63, 3.8) is 0 Å². The van der Waals surface area contributed by atoms with Gasteiger partial charge < -0.3 is 10.5 Å². The minimum absolute atomic E-state index is 0.0416. The molecule has 1 aromatic carbocycles. The number of ether oxygens (including phenoxy) is 1. The summed E-state index contributed by atoms with van der Waals surface area (Å²) in [4.78, 5) is 0. The van der Waals surface area contributed by atoms with Gasteiger partial charge >= 0.3 is 0 Å². The highest BCUT2D eigenvalue weighted by atomic mass is 35.5. The van der Waals surface area contributed by atoms with Crippen molar-refractivity contribution in [3.8, 4) is 5.75 Å². The molecule has 0 radical (unpaired) electrons. The topological polar surface area (TPSA) is 35.2 Å². The van der Waals surface area contributed by atoms with E-state index in [4.69, 9.17) is 33.7 Å². The molecule has 0 aliphatic rings. The Morgan fingerprint density at radius 3 is 2.39 bits per heavy atom. The SMILES string of the molecule is CCC(N)C(Oc1cccc(Cl)c1Cl)C(C)(C)C. The maximum absolute atomic E-state index is 6.14. The molecule has 0 bridgehead atoms. The quantitative estimate of drug-likeness (QED) is 0.884. The molecule has 0 aromatic heterocycles. The third kappa shape index (κ3) is 3.78. The third-order valence-electron chi connectivity index (χ3n) is 2.88. The summed E-state index contributed by atoms with van der Waals surface area (Å²) in [5, 5.41) is 0.934. The van der Waals surface area contributed by atoms with E-state index in [9.17, 15) is 0 Å². The number of hydrogen-bond acceptors (Lipinski definition) is 2. The first-order valence-electron chi connectivity index (χ1n) is 6.13. The first-order chi connectivity index (χ1) is 8.27. The van der Waals surface area contributed by atoms with Gasteiger partial charge in [-0.05, 0) is 18.6 Å². The van der Waals surface area contributed by atoms with Gasteiger partial charge in [-0.1, -0.05) is 57.0 Å². The van der Waals surface area contributed by atoms with E-state index in [1.54, 1.807) is 6.07 Å². The highest BCUT2D eigenvalue weighted by Crippen LogP contribution is 2.35. The van der Waals surface area contributed by atoms with Crippen LogP contribution in [0.5, 0.6) is 5.75 Å². The Morgan fingerprint density at radius 2 is 1.89 bits per heavy atom. The Kier molecular flexibility index (Phi) is 5.32. The highest BCUT2D eigenvalue weighted by Gasteiger charge is 2.32. The summed E-state index contributed by atoms with van der Waals surface area (Å²) in [5.74, 6) is 0.591. The van der Waals surface area contributed by atoms with Crippen molar-refractivity contribution in [2.75, 3.05) is 0 Å². The first-order valence-corrected chi connectivity index (χ1v) is 6.89. The standard InChI is InChI=1S/C14H21Cl2NO/c1-5-10(17)13(14(2,3)4)18-11-8-6-7-9(15)12(11)16/h6-8,10,13H,5,17H2,1-4H3. The summed E-state index contributed by atoms with van der Waals surface area (Å²) in [5.41, 5.74) is 6.07. The van der Waals surface area contributed by atoms with E-state index in [0.29, 0.717) is 15.8 Å². The lowest BCUT2D eigenvalue weighted by atomic mass is 9.84. The maximum atomic E-state index is 6.14. The maximum Gasteiger partial charge on any atom is 0.139 e. The van der Waals surface area contributed by atoms with Gasteiger partial charge in [-0.2, -0.15) is 0 Å². The van der Waals surface area contributed by atoms with Crippen molar-refractivity contribution < 1.29 is 4.74 Å². The molecule has 102 valence electrons.